The van der Waals surface area contributed by atoms with Crippen LogP contribution in [0.3, 0.4) is 0 Å². The summed E-state index contributed by atoms with van der Waals surface area (Å²) in [7, 11) is 1.59. The lowest BCUT2D eigenvalue weighted by molar-refractivity contribution is 0.402. The van der Waals surface area contributed by atoms with Crippen molar-refractivity contribution >= 4 is 22.8 Å². The molecule has 2 rings (SSSR count). The number of hydrogen-bond donors (Lipinski definition) is 1. The number of nitrogens with zero attached hydrogens (tertiary/aromatic N) is 2. The van der Waals surface area contributed by atoms with E-state index in [4.69, 9.17) is 4.74 Å². The second-order valence-corrected chi connectivity index (χ2v) is 3.26. The van der Waals surface area contributed by atoms with Gasteiger partial charge in [-0.3, -0.25) is 0 Å². The molecule has 0 spiro atoms. The van der Waals surface area contributed by atoms with Crippen molar-refractivity contribution in [2.24, 2.45) is 0 Å². The van der Waals surface area contributed by atoms with E-state index >= 15 is 0 Å². The van der Waals surface area contributed by atoms with E-state index in [1.54, 1.807) is 25.1 Å². The first-order valence-electron chi connectivity index (χ1n) is 3.78. The summed E-state index contributed by atoms with van der Waals surface area (Å²) < 4.78 is 5.08. The molecule has 0 radical (unpaired) electrons. The predicted molar refractivity (Wildman–Crippen MR) is 52.2 cm³/mol. The topological polar surface area (TPSA) is 50.8 Å². The molecule has 0 saturated carbocycles. The van der Waals surface area contributed by atoms with Gasteiger partial charge >= 0.3 is 0 Å². The van der Waals surface area contributed by atoms with E-state index in [2.05, 4.69) is 15.0 Å². The van der Waals surface area contributed by atoms with Crippen molar-refractivity contribution in [2.75, 3.05) is 13.4 Å². The number of aromatic amines is 1. The molecule has 13 heavy (non-hydrogen) atoms. The lowest BCUT2D eigenvalue weighted by Gasteiger charge is -1.96. The van der Waals surface area contributed by atoms with Crippen molar-refractivity contribution in [2.45, 2.75) is 5.16 Å². The number of rotatable bonds is 2. The molecule has 0 saturated heterocycles. The van der Waals surface area contributed by atoms with E-state index in [9.17, 15) is 0 Å². The van der Waals surface area contributed by atoms with Crippen LogP contribution in [0.2, 0.25) is 0 Å². The summed E-state index contributed by atoms with van der Waals surface area (Å²) in [6.07, 6.45) is 3.67. The molecule has 0 bridgehead atoms. The number of hydrogen-bond acceptors (Lipinski definition) is 4. The largest absolute Gasteiger partial charge is 0.479 e. The van der Waals surface area contributed by atoms with Gasteiger partial charge in [-0.1, -0.05) is 11.8 Å². The van der Waals surface area contributed by atoms with E-state index in [-0.39, 0.29) is 0 Å². The predicted octanol–water partition coefficient (Wildman–Crippen LogP) is 1.69. The summed E-state index contributed by atoms with van der Waals surface area (Å²) in [5, 5.41) is 0.876. The molecule has 2 aromatic heterocycles. The fourth-order valence-electron chi connectivity index (χ4n) is 1.13. The monoisotopic (exact) mass is 195 g/mol. The number of nitrogens with one attached hydrogen (secondary N) is 1. The van der Waals surface area contributed by atoms with Crippen LogP contribution in [0.15, 0.2) is 17.4 Å². The number of pyridine rings is 1. The zero-order valence-corrected chi connectivity index (χ0v) is 8.18. The minimum Gasteiger partial charge on any atom is -0.479 e. The zero-order chi connectivity index (χ0) is 9.26. The number of fused-ring (bicyclic) bond motifs is 1. The number of methoxy groups -OCH3 is 1. The summed E-state index contributed by atoms with van der Waals surface area (Å²) in [5.74, 6) is 0.564. The van der Waals surface area contributed by atoms with E-state index in [0.717, 1.165) is 16.2 Å². The Bertz CT molecular complexity index is 426. The third-order valence-electron chi connectivity index (χ3n) is 1.73. The highest BCUT2D eigenvalue weighted by molar-refractivity contribution is 7.98. The Labute approximate surface area is 79.7 Å². The van der Waals surface area contributed by atoms with E-state index in [1.165, 1.54) is 0 Å². The summed E-state index contributed by atoms with van der Waals surface area (Å²) in [4.78, 5) is 11.5. The third-order valence-corrected chi connectivity index (χ3v) is 2.31. The van der Waals surface area contributed by atoms with Gasteiger partial charge in [0.2, 0.25) is 5.88 Å². The first-order chi connectivity index (χ1) is 6.35. The smallest absolute Gasteiger partial charge is 0.241 e. The molecule has 0 aromatic carbocycles. The molecule has 1 N–H and O–H groups in total. The first-order valence-corrected chi connectivity index (χ1v) is 5.00. The minimum atomic E-state index is 0.564. The summed E-state index contributed by atoms with van der Waals surface area (Å²) in [6.45, 7) is 0. The molecule has 4 nitrogen and oxygen atoms in total. The summed E-state index contributed by atoms with van der Waals surface area (Å²) >= 11 is 1.56. The highest BCUT2D eigenvalue weighted by Gasteiger charge is 2.07. The van der Waals surface area contributed by atoms with Gasteiger partial charge in [-0.15, -0.1) is 0 Å². The Morgan fingerprint density at radius 1 is 1.54 bits per heavy atom. The summed E-state index contributed by atoms with van der Waals surface area (Å²) in [6, 6.07) is 1.88. The van der Waals surface area contributed by atoms with Crippen LogP contribution < -0.4 is 4.74 Å². The van der Waals surface area contributed by atoms with Crippen LogP contribution in [0.1, 0.15) is 0 Å². The van der Waals surface area contributed by atoms with Gasteiger partial charge in [0.15, 0.2) is 10.7 Å². The lowest BCUT2D eigenvalue weighted by atomic mass is 10.4. The van der Waals surface area contributed by atoms with Crippen LogP contribution in [0.25, 0.3) is 11.0 Å². The maximum atomic E-state index is 5.08. The molecule has 0 aliphatic carbocycles. The van der Waals surface area contributed by atoms with Gasteiger partial charge in [-0.25, -0.2) is 9.97 Å². The van der Waals surface area contributed by atoms with Crippen LogP contribution in [0.5, 0.6) is 5.88 Å². The number of aromatic nitrogens is 3. The zero-order valence-electron chi connectivity index (χ0n) is 7.37. The molecule has 2 heterocycles. The van der Waals surface area contributed by atoms with Gasteiger partial charge in [-0.2, -0.15) is 0 Å². The number of imidazole rings is 1. The Hall–Kier alpha value is -1.23. The Morgan fingerprint density at radius 2 is 2.38 bits per heavy atom. The maximum Gasteiger partial charge on any atom is 0.241 e. The van der Waals surface area contributed by atoms with Crippen LogP contribution in [-0.2, 0) is 0 Å². The van der Waals surface area contributed by atoms with Gasteiger partial charge < -0.3 is 9.72 Å². The molecule has 0 aliphatic rings. The highest BCUT2D eigenvalue weighted by Crippen LogP contribution is 2.23. The van der Waals surface area contributed by atoms with Gasteiger partial charge in [0, 0.05) is 6.20 Å². The van der Waals surface area contributed by atoms with Crippen molar-refractivity contribution in [3.63, 3.8) is 0 Å². The molecule has 0 unspecified atom stereocenters. The quantitative estimate of drug-likeness (QED) is 0.741. The molecule has 0 fully saturated rings. The van der Waals surface area contributed by atoms with Gasteiger partial charge in [-0.05, 0) is 12.3 Å². The van der Waals surface area contributed by atoms with E-state index in [0.29, 0.717) is 5.88 Å². The second-order valence-electron chi connectivity index (χ2n) is 2.46. The highest BCUT2D eigenvalue weighted by atomic mass is 32.2. The van der Waals surface area contributed by atoms with Gasteiger partial charge in [0.25, 0.3) is 0 Å². The molecule has 5 heteroatoms. The standard InChI is InChI=1S/C8H9N3OS/c1-12-7-6-5(3-4-9-7)10-8(11-6)13-2/h3-4H,1-2H3,(H,10,11). The minimum absolute atomic E-state index is 0.564. The second kappa shape index (κ2) is 3.26. The number of thioether (sulfide) groups is 1. The number of H-pyrrole nitrogens is 1. The normalized spacial score (nSPS) is 10.6. The van der Waals surface area contributed by atoms with Crippen molar-refractivity contribution in [1.82, 2.24) is 15.0 Å². The molecule has 0 amide bonds. The molecule has 0 atom stereocenters. The van der Waals surface area contributed by atoms with Gasteiger partial charge in [0.1, 0.15) is 0 Å². The average molecular weight is 195 g/mol. The first kappa shape index (κ1) is 8.37. The average Bonchev–Trinajstić information content (AvgIpc) is 2.59. The van der Waals surface area contributed by atoms with Crippen molar-refractivity contribution in [1.29, 1.82) is 0 Å². The maximum absolute atomic E-state index is 5.08. The van der Waals surface area contributed by atoms with E-state index in [1.807, 2.05) is 12.3 Å². The van der Waals surface area contributed by atoms with Crippen LogP contribution >= 0.6 is 11.8 Å². The number of ether oxygens (including phenoxy) is 1. The SMILES string of the molecule is COc1nccc2[nH]c(SC)nc12. The molecule has 0 aliphatic heterocycles. The van der Waals surface area contributed by atoms with Crippen LogP contribution in [0.4, 0.5) is 0 Å². The van der Waals surface area contributed by atoms with Crippen molar-refractivity contribution in [3.05, 3.63) is 12.3 Å². The molecule has 68 valence electrons. The van der Waals surface area contributed by atoms with Crippen molar-refractivity contribution in [3.8, 4) is 5.88 Å². The Morgan fingerprint density at radius 3 is 3.08 bits per heavy atom. The summed E-state index contributed by atoms with van der Waals surface area (Å²) in [5.41, 5.74) is 1.74. The lowest BCUT2D eigenvalue weighted by Crippen LogP contribution is -1.87. The Balaban J connectivity index is 2.67. The van der Waals surface area contributed by atoms with Crippen LogP contribution in [0, 0.1) is 0 Å². The fourth-order valence-corrected chi connectivity index (χ4v) is 1.53. The van der Waals surface area contributed by atoms with Gasteiger partial charge in [0.05, 0.1) is 12.6 Å². The third kappa shape index (κ3) is 1.35. The van der Waals surface area contributed by atoms with Crippen molar-refractivity contribution < 1.29 is 4.74 Å². The molecular weight excluding hydrogens is 186 g/mol. The van der Waals surface area contributed by atoms with Crippen LogP contribution in [-0.4, -0.2) is 28.3 Å². The molecular formula is C8H9N3OS. The fraction of sp³-hybridized carbons (Fsp3) is 0.250. The molecule has 2 aromatic rings. The van der Waals surface area contributed by atoms with E-state index < -0.39 is 0 Å². The Kier molecular flexibility index (Phi) is 2.10.